The van der Waals surface area contributed by atoms with Gasteiger partial charge in [-0.15, -0.1) is 0 Å². The van der Waals surface area contributed by atoms with Crippen LogP contribution < -0.4 is 14.2 Å². The summed E-state index contributed by atoms with van der Waals surface area (Å²) in [6.45, 7) is 4.66. The van der Waals surface area contributed by atoms with Gasteiger partial charge in [-0.1, -0.05) is 0 Å². The van der Waals surface area contributed by atoms with E-state index in [9.17, 15) is 4.79 Å². The summed E-state index contributed by atoms with van der Waals surface area (Å²) in [7, 11) is 4.54. The van der Waals surface area contributed by atoms with Gasteiger partial charge in [0.1, 0.15) is 0 Å². The molecule has 24 heavy (non-hydrogen) atoms. The summed E-state index contributed by atoms with van der Waals surface area (Å²) in [5, 5.41) is 0. The van der Waals surface area contributed by atoms with Crippen LogP contribution in [0.3, 0.4) is 0 Å². The molecule has 1 aromatic carbocycles. The van der Waals surface area contributed by atoms with Crippen molar-refractivity contribution in [3.05, 3.63) is 17.7 Å². The Labute approximate surface area is 142 Å². The number of carbonyl (C=O) groups excluding carboxylic acids is 1. The number of esters is 1. The molecule has 0 atom stereocenters. The summed E-state index contributed by atoms with van der Waals surface area (Å²) in [6.07, 6.45) is 0.788. The van der Waals surface area contributed by atoms with Crippen LogP contribution in [0.4, 0.5) is 0 Å². The van der Waals surface area contributed by atoms with Crippen LogP contribution in [0.1, 0.15) is 16.8 Å². The molecule has 7 heteroatoms. The smallest absolute Gasteiger partial charge is 0.338 e. The van der Waals surface area contributed by atoms with Crippen LogP contribution in [0.15, 0.2) is 12.1 Å². The average molecular weight is 339 g/mol. The first-order chi connectivity index (χ1) is 11.7. The van der Waals surface area contributed by atoms with E-state index >= 15 is 0 Å². The molecular formula is C17H25NO6. The Balaban J connectivity index is 1.89. The minimum Gasteiger partial charge on any atom is -0.493 e. The highest BCUT2D eigenvalue weighted by Gasteiger charge is 2.18. The van der Waals surface area contributed by atoms with Gasteiger partial charge in [-0.3, -0.25) is 4.90 Å². The molecule has 0 bridgehead atoms. The fourth-order valence-corrected chi connectivity index (χ4v) is 2.56. The van der Waals surface area contributed by atoms with Gasteiger partial charge in [0.2, 0.25) is 5.75 Å². The molecule has 0 aromatic heterocycles. The molecule has 134 valence electrons. The Morgan fingerprint density at radius 2 is 1.71 bits per heavy atom. The zero-order valence-corrected chi connectivity index (χ0v) is 14.5. The maximum absolute atomic E-state index is 12.2. The number of methoxy groups -OCH3 is 3. The van der Waals surface area contributed by atoms with E-state index < -0.39 is 5.97 Å². The molecule has 0 N–H and O–H groups in total. The van der Waals surface area contributed by atoms with Gasteiger partial charge < -0.3 is 23.7 Å². The zero-order valence-electron chi connectivity index (χ0n) is 14.5. The zero-order chi connectivity index (χ0) is 17.4. The number of morpholine rings is 1. The maximum Gasteiger partial charge on any atom is 0.338 e. The van der Waals surface area contributed by atoms with E-state index in [1.165, 1.54) is 21.3 Å². The van der Waals surface area contributed by atoms with Crippen LogP contribution in [0, 0.1) is 0 Å². The lowest BCUT2D eigenvalue weighted by Crippen LogP contribution is -2.37. The van der Waals surface area contributed by atoms with Crippen LogP contribution in [-0.2, 0) is 9.47 Å². The third kappa shape index (κ3) is 4.75. The lowest BCUT2D eigenvalue weighted by molar-refractivity contribution is 0.0298. The number of hydrogen-bond acceptors (Lipinski definition) is 7. The fourth-order valence-electron chi connectivity index (χ4n) is 2.56. The van der Waals surface area contributed by atoms with Crippen LogP contribution >= 0.6 is 0 Å². The fraction of sp³-hybridized carbons (Fsp3) is 0.588. The van der Waals surface area contributed by atoms with Crippen molar-refractivity contribution in [3.8, 4) is 17.2 Å². The SMILES string of the molecule is COc1cc(C(=O)OCCCN2CCOCC2)cc(OC)c1OC. The number of nitrogens with zero attached hydrogens (tertiary/aromatic N) is 1. The van der Waals surface area contributed by atoms with Gasteiger partial charge in [-0.05, 0) is 18.6 Å². The lowest BCUT2D eigenvalue weighted by Gasteiger charge is -2.26. The van der Waals surface area contributed by atoms with Crippen molar-refractivity contribution in [2.75, 3.05) is 60.8 Å². The summed E-state index contributed by atoms with van der Waals surface area (Å²) >= 11 is 0. The van der Waals surface area contributed by atoms with E-state index in [1.54, 1.807) is 12.1 Å². The largest absolute Gasteiger partial charge is 0.493 e. The number of rotatable bonds is 8. The molecule has 0 aliphatic carbocycles. The summed E-state index contributed by atoms with van der Waals surface area (Å²) < 4.78 is 26.4. The Morgan fingerprint density at radius 1 is 1.08 bits per heavy atom. The molecule has 1 aromatic rings. The highest BCUT2D eigenvalue weighted by Crippen LogP contribution is 2.38. The topological polar surface area (TPSA) is 66.5 Å². The van der Waals surface area contributed by atoms with Crippen molar-refractivity contribution < 1.29 is 28.5 Å². The van der Waals surface area contributed by atoms with Crippen molar-refractivity contribution >= 4 is 5.97 Å². The van der Waals surface area contributed by atoms with Gasteiger partial charge in [0.15, 0.2) is 11.5 Å². The summed E-state index contributed by atoms with van der Waals surface area (Å²) in [4.78, 5) is 14.5. The van der Waals surface area contributed by atoms with Crippen molar-refractivity contribution in [3.63, 3.8) is 0 Å². The minimum atomic E-state index is -0.406. The predicted molar refractivity (Wildman–Crippen MR) is 88.3 cm³/mol. The van der Waals surface area contributed by atoms with Gasteiger partial charge in [-0.25, -0.2) is 4.79 Å². The predicted octanol–water partition coefficient (Wildman–Crippen LogP) is 1.59. The van der Waals surface area contributed by atoms with E-state index in [0.29, 0.717) is 29.4 Å². The quantitative estimate of drug-likeness (QED) is 0.526. The number of carbonyl (C=O) groups is 1. The van der Waals surface area contributed by atoms with Crippen LogP contribution in [0.25, 0.3) is 0 Å². The standard InChI is InChI=1S/C17H25NO6/c1-20-14-11-13(12-15(21-2)16(14)22-3)17(19)24-8-4-5-18-6-9-23-10-7-18/h11-12H,4-10H2,1-3H3. The average Bonchev–Trinajstić information content (AvgIpc) is 2.64. The second-order valence-electron chi connectivity index (χ2n) is 5.36. The summed E-state index contributed by atoms with van der Waals surface area (Å²) in [5.41, 5.74) is 0.371. The van der Waals surface area contributed by atoms with Gasteiger partial charge in [0.25, 0.3) is 0 Å². The molecule has 0 spiro atoms. The highest BCUT2D eigenvalue weighted by atomic mass is 16.5. The second-order valence-corrected chi connectivity index (χ2v) is 5.36. The number of benzene rings is 1. The van der Waals surface area contributed by atoms with Gasteiger partial charge in [0, 0.05) is 19.6 Å². The molecule has 0 radical (unpaired) electrons. The van der Waals surface area contributed by atoms with E-state index in [-0.39, 0.29) is 0 Å². The van der Waals surface area contributed by atoms with Crippen molar-refractivity contribution in [2.45, 2.75) is 6.42 Å². The van der Waals surface area contributed by atoms with Crippen molar-refractivity contribution in [2.24, 2.45) is 0 Å². The van der Waals surface area contributed by atoms with Gasteiger partial charge in [-0.2, -0.15) is 0 Å². The molecule has 2 rings (SSSR count). The third-order valence-electron chi connectivity index (χ3n) is 3.86. The van der Waals surface area contributed by atoms with E-state index in [4.69, 9.17) is 23.7 Å². The van der Waals surface area contributed by atoms with Gasteiger partial charge in [0.05, 0.1) is 46.7 Å². The molecule has 0 unspecified atom stereocenters. The Kier molecular flexibility index (Phi) is 7.14. The first kappa shape index (κ1) is 18.4. The van der Waals surface area contributed by atoms with Crippen molar-refractivity contribution in [1.82, 2.24) is 4.90 Å². The first-order valence-corrected chi connectivity index (χ1v) is 7.96. The highest BCUT2D eigenvalue weighted by molar-refractivity contribution is 5.91. The molecule has 1 aliphatic heterocycles. The maximum atomic E-state index is 12.2. The molecular weight excluding hydrogens is 314 g/mol. The normalized spacial score (nSPS) is 15.0. The molecule has 0 saturated carbocycles. The van der Waals surface area contributed by atoms with Crippen LogP contribution in [0.5, 0.6) is 17.2 Å². The van der Waals surface area contributed by atoms with Crippen molar-refractivity contribution in [1.29, 1.82) is 0 Å². The molecule has 1 fully saturated rings. The van der Waals surface area contributed by atoms with E-state index in [2.05, 4.69) is 4.90 Å². The van der Waals surface area contributed by atoms with E-state index in [1.807, 2.05) is 0 Å². The summed E-state index contributed by atoms with van der Waals surface area (Å²) in [5.74, 6) is 0.898. The second kappa shape index (κ2) is 9.34. The third-order valence-corrected chi connectivity index (χ3v) is 3.86. The minimum absolute atomic E-state index is 0.368. The first-order valence-electron chi connectivity index (χ1n) is 7.96. The number of hydrogen-bond donors (Lipinski definition) is 0. The molecule has 1 aliphatic rings. The van der Waals surface area contributed by atoms with Crippen LogP contribution in [-0.4, -0.2) is 71.7 Å². The van der Waals surface area contributed by atoms with Gasteiger partial charge >= 0.3 is 5.97 Å². The molecule has 1 saturated heterocycles. The monoisotopic (exact) mass is 339 g/mol. The Bertz CT molecular complexity index is 517. The molecule has 0 amide bonds. The molecule has 7 nitrogen and oxygen atoms in total. The van der Waals surface area contributed by atoms with E-state index in [0.717, 1.165) is 39.3 Å². The molecule has 1 heterocycles. The summed E-state index contributed by atoms with van der Waals surface area (Å²) in [6, 6.07) is 3.18. The Hall–Kier alpha value is -1.99. The lowest BCUT2D eigenvalue weighted by atomic mass is 10.2. The Morgan fingerprint density at radius 3 is 2.25 bits per heavy atom. The van der Waals surface area contributed by atoms with Crippen LogP contribution in [0.2, 0.25) is 0 Å². The number of ether oxygens (including phenoxy) is 5.